The van der Waals surface area contributed by atoms with E-state index in [9.17, 15) is 9.00 Å². The molecule has 2 unspecified atom stereocenters. The van der Waals surface area contributed by atoms with Gasteiger partial charge in [0, 0.05) is 7.05 Å². The van der Waals surface area contributed by atoms with Gasteiger partial charge in [-0.2, -0.15) is 0 Å². The maximum atomic E-state index is 11.1. The van der Waals surface area contributed by atoms with Gasteiger partial charge in [0.25, 0.3) is 0 Å². The van der Waals surface area contributed by atoms with Gasteiger partial charge >= 0.3 is 6.09 Å². The first kappa shape index (κ1) is 10.1. The SMILES string of the molecule is CNC(=O)O/N=C1/C(C)OCS1=O. The smallest absolute Gasteiger partial charge is 0.358 e. The normalized spacial score (nSPS) is 30.5. The topological polar surface area (TPSA) is 77.0 Å². The number of oxime groups is 1. The Balaban J connectivity index is 2.59. The van der Waals surface area contributed by atoms with Crippen molar-refractivity contribution in [1.82, 2.24) is 5.32 Å². The highest BCUT2D eigenvalue weighted by molar-refractivity contribution is 8.01. The van der Waals surface area contributed by atoms with Crippen LogP contribution in [0.5, 0.6) is 0 Å². The van der Waals surface area contributed by atoms with Crippen molar-refractivity contribution in [3.8, 4) is 0 Å². The molecule has 0 aliphatic carbocycles. The maximum Gasteiger partial charge on any atom is 0.433 e. The molecule has 0 aromatic heterocycles. The first-order valence-corrected chi connectivity index (χ1v) is 4.93. The van der Waals surface area contributed by atoms with Gasteiger partial charge in [0.2, 0.25) is 0 Å². The predicted octanol–water partition coefficient (Wildman–Crippen LogP) is -0.219. The Morgan fingerprint density at radius 1 is 1.85 bits per heavy atom. The Kier molecular flexibility index (Phi) is 3.38. The van der Waals surface area contributed by atoms with Crippen LogP contribution in [-0.4, -0.2) is 34.4 Å². The Morgan fingerprint density at radius 2 is 2.54 bits per heavy atom. The number of carbonyl (C=O) groups excluding carboxylic acids is 1. The van der Waals surface area contributed by atoms with Crippen LogP contribution in [0.3, 0.4) is 0 Å². The van der Waals surface area contributed by atoms with Gasteiger partial charge in [0.05, 0.1) is 10.8 Å². The first-order valence-electron chi connectivity index (χ1n) is 3.61. The summed E-state index contributed by atoms with van der Waals surface area (Å²) in [5, 5.41) is 5.90. The van der Waals surface area contributed by atoms with Gasteiger partial charge in [-0.25, -0.2) is 4.79 Å². The molecule has 0 aromatic carbocycles. The lowest BCUT2D eigenvalue weighted by molar-refractivity contribution is 0.145. The summed E-state index contributed by atoms with van der Waals surface area (Å²) in [6.45, 7) is 1.69. The number of rotatable bonds is 1. The Morgan fingerprint density at radius 3 is 3.00 bits per heavy atom. The zero-order valence-corrected chi connectivity index (χ0v) is 8.09. The fourth-order valence-electron chi connectivity index (χ4n) is 0.729. The van der Waals surface area contributed by atoms with E-state index in [1.807, 2.05) is 0 Å². The predicted molar refractivity (Wildman–Crippen MR) is 46.5 cm³/mol. The third-order valence-electron chi connectivity index (χ3n) is 1.43. The molecular formula is C6H10N2O4S. The third kappa shape index (κ3) is 2.49. The van der Waals surface area contributed by atoms with E-state index in [0.29, 0.717) is 0 Å². The number of amides is 1. The van der Waals surface area contributed by atoms with Crippen LogP contribution in [0.15, 0.2) is 5.16 Å². The molecule has 74 valence electrons. The highest BCUT2D eigenvalue weighted by atomic mass is 32.2. The van der Waals surface area contributed by atoms with Crippen molar-refractivity contribution in [2.45, 2.75) is 13.0 Å². The van der Waals surface area contributed by atoms with E-state index in [1.165, 1.54) is 7.05 Å². The molecule has 7 heteroatoms. The lowest BCUT2D eigenvalue weighted by Gasteiger charge is -1.99. The van der Waals surface area contributed by atoms with Crippen LogP contribution in [-0.2, 0) is 20.4 Å². The van der Waals surface area contributed by atoms with Crippen molar-refractivity contribution in [2.75, 3.05) is 13.0 Å². The molecule has 0 radical (unpaired) electrons. The number of hydrogen-bond acceptors (Lipinski definition) is 5. The van der Waals surface area contributed by atoms with Crippen LogP contribution >= 0.6 is 0 Å². The summed E-state index contributed by atoms with van der Waals surface area (Å²) < 4.78 is 16.1. The minimum absolute atomic E-state index is 0.108. The number of hydrogen-bond donors (Lipinski definition) is 1. The zero-order chi connectivity index (χ0) is 9.84. The highest BCUT2D eigenvalue weighted by Crippen LogP contribution is 2.10. The molecule has 1 N–H and O–H groups in total. The monoisotopic (exact) mass is 206 g/mol. The fourth-order valence-corrected chi connectivity index (χ4v) is 1.74. The van der Waals surface area contributed by atoms with Crippen LogP contribution in [0.4, 0.5) is 4.79 Å². The maximum absolute atomic E-state index is 11.1. The minimum atomic E-state index is -1.29. The van der Waals surface area contributed by atoms with Crippen LogP contribution in [0.1, 0.15) is 6.92 Å². The van der Waals surface area contributed by atoms with Crippen LogP contribution < -0.4 is 5.32 Å². The van der Waals surface area contributed by atoms with E-state index in [1.54, 1.807) is 6.92 Å². The molecule has 0 bridgehead atoms. The first-order chi connectivity index (χ1) is 6.15. The van der Waals surface area contributed by atoms with E-state index >= 15 is 0 Å². The van der Waals surface area contributed by atoms with Crippen LogP contribution in [0.2, 0.25) is 0 Å². The molecule has 0 spiro atoms. The van der Waals surface area contributed by atoms with Crippen molar-refractivity contribution in [3.63, 3.8) is 0 Å². The molecule has 1 fully saturated rings. The van der Waals surface area contributed by atoms with E-state index in [0.717, 1.165) is 0 Å². The second kappa shape index (κ2) is 4.33. The standard InChI is InChI=1S/C6H10N2O4S/c1-4-5(13(10)3-11-4)8-12-6(9)7-2/h4H,3H2,1-2H3,(H,7,9)/b8-5-. The molecular weight excluding hydrogens is 196 g/mol. The molecule has 1 rings (SSSR count). The minimum Gasteiger partial charge on any atom is -0.358 e. The molecule has 0 aromatic rings. The van der Waals surface area contributed by atoms with Gasteiger partial charge < -0.3 is 10.1 Å². The molecule has 1 aliphatic heterocycles. The van der Waals surface area contributed by atoms with Crippen LogP contribution in [0, 0.1) is 0 Å². The molecule has 1 amide bonds. The average Bonchev–Trinajstić information content (AvgIpc) is 2.43. The average molecular weight is 206 g/mol. The molecule has 1 saturated heterocycles. The second-order valence-corrected chi connectivity index (χ2v) is 3.68. The summed E-state index contributed by atoms with van der Waals surface area (Å²) in [6, 6.07) is 0. The molecule has 1 heterocycles. The summed E-state index contributed by atoms with van der Waals surface area (Å²) in [7, 11) is 0.124. The van der Waals surface area contributed by atoms with E-state index in [2.05, 4.69) is 15.3 Å². The number of carbonyl (C=O) groups is 1. The van der Waals surface area contributed by atoms with E-state index in [4.69, 9.17) is 4.74 Å². The summed E-state index contributed by atoms with van der Waals surface area (Å²) in [4.78, 5) is 15.0. The lowest BCUT2D eigenvalue weighted by atomic mass is 10.4. The van der Waals surface area contributed by atoms with Crippen molar-refractivity contribution in [2.24, 2.45) is 5.16 Å². The van der Waals surface area contributed by atoms with E-state index < -0.39 is 16.9 Å². The van der Waals surface area contributed by atoms with Gasteiger partial charge in [-0.05, 0) is 6.92 Å². The largest absolute Gasteiger partial charge is 0.433 e. The van der Waals surface area contributed by atoms with Gasteiger partial charge in [-0.15, -0.1) is 0 Å². The molecule has 1 aliphatic rings. The van der Waals surface area contributed by atoms with Gasteiger partial charge in [0.15, 0.2) is 5.04 Å². The fraction of sp³-hybridized carbons (Fsp3) is 0.667. The summed E-state index contributed by atoms with van der Waals surface area (Å²) >= 11 is 0. The summed E-state index contributed by atoms with van der Waals surface area (Å²) in [5.41, 5.74) is 0. The van der Waals surface area contributed by atoms with Gasteiger partial charge in [-0.1, -0.05) is 5.16 Å². The Labute approximate surface area is 77.7 Å². The summed E-state index contributed by atoms with van der Waals surface area (Å²) in [6.07, 6.45) is -1.05. The Bertz CT molecular complexity index is 265. The van der Waals surface area contributed by atoms with E-state index in [-0.39, 0.29) is 17.1 Å². The summed E-state index contributed by atoms with van der Waals surface area (Å²) in [5.74, 6) is 0.108. The van der Waals surface area contributed by atoms with Crippen molar-refractivity contribution < 1.29 is 18.6 Å². The van der Waals surface area contributed by atoms with Gasteiger partial charge in [-0.3, -0.25) is 9.05 Å². The molecule has 2 atom stereocenters. The molecule has 13 heavy (non-hydrogen) atoms. The van der Waals surface area contributed by atoms with Crippen molar-refractivity contribution >= 4 is 21.9 Å². The number of ether oxygens (including phenoxy) is 1. The number of nitrogens with one attached hydrogen (secondary N) is 1. The lowest BCUT2D eigenvalue weighted by Crippen LogP contribution is -2.20. The Hall–Kier alpha value is -0.950. The molecule has 0 saturated carbocycles. The second-order valence-electron chi connectivity index (χ2n) is 2.33. The van der Waals surface area contributed by atoms with Crippen LogP contribution in [0.25, 0.3) is 0 Å². The molecule has 6 nitrogen and oxygen atoms in total. The van der Waals surface area contributed by atoms with Gasteiger partial charge in [0.1, 0.15) is 12.0 Å². The quantitative estimate of drug-likeness (QED) is 0.475. The van der Waals surface area contributed by atoms with Crippen molar-refractivity contribution in [1.29, 1.82) is 0 Å². The highest BCUT2D eigenvalue weighted by Gasteiger charge is 2.27. The number of nitrogens with zero attached hydrogens (tertiary/aromatic N) is 1. The van der Waals surface area contributed by atoms with Crippen molar-refractivity contribution in [3.05, 3.63) is 0 Å². The zero-order valence-electron chi connectivity index (χ0n) is 7.27. The third-order valence-corrected chi connectivity index (χ3v) is 2.65.